The zero-order valence-corrected chi connectivity index (χ0v) is 10.9. The van der Waals surface area contributed by atoms with Crippen LogP contribution in [-0.4, -0.2) is 25.2 Å². The topological polar surface area (TPSA) is 49.1 Å². The molecule has 0 saturated carbocycles. The molecule has 2 heterocycles. The predicted molar refractivity (Wildman–Crippen MR) is 74.5 cm³/mol. The van der Waals surface area contributed by atoms with Crippen LogP contribution in [-0.2, 0) is 0 Å². The molecule has 0 spiro atoms. The maximum absolute atomic E-state index is 9.30. The van der Waals surface area contributed by atoms with Gasteiger partial charge in [0, 0.05) is 30.7 Å². The second kappa shape index (κ2) is 4.77. The number of hydrogen-bond acceptors (Lipinski definition) is 4. The monoisotopic (exact) mass is 253 g/mol. The molecule has 96 valence electrons. The van der Waals surface area contributed by atoms with Crippen LogP contribution in [0.2, 0.25) is 0 Å². The molecule has 0 N–H and O–H groups in total. The summed E-state index contributed by atoms with van der Waals surface area (Å²) in [6.45, 7) is 2.03. The van der Waals surface area contributed by atoms with Crippen LogP contribution >= 0.6 is 0 Å². The van der Waals surface area contributed by atoms with E-state index in [-0.39, 0.29) is 0 Å². The van der Waals surface area contributed by atoms with Gasteiger partial charge in [0.15, 0.2) is 0 Å². The first kappa shape index (κ1) is 11.8. The first-order valence-corrected chi connectivity index (χ1v) is 6.45. The van der Waals surface area contributed by atoms with E-state index >= 15 is 0 Å². The van der Waals surface area contributed by atoms with Crippen molar-refractivity contribution in [2.75, 3.05) is 25.1 Å². The third-order valence-corrected chi connectivity index (χ3v) is 3.59. The summed E-state index contributed by atoms with van der Waals surface area (Å²) in [6, 6.07) is 8.09. The third-order valence-electron chi connectivity index (χ3n) is 3.59. The number of pyridine rings is 1. The summed E-state index contributed by atoms with van der Waals surface area (Å²) >= 11 is 0. The van der Waals surface area contributed by atoms with Gasteiger partial charge < -0.3 is 9.64 Å². The van der Waals surface area contributed by atoms with Crippen LogP contribution in [0.15, 0.2) is 24.4 Å². The molecule has 3 rings (SSSR count). The molecule has 1 aromatic carbocycles. The van der Waals surface area contributed by atoms with Gasteiger partial charge in [-0.05, 0) is 25.0 Å². The lowest BCUT2D eigenvalue weighted by Crippen LogP contribution is -2.19. The maximum atomic E-state index is 9.30. The normalized spacial score (nSPS) is 14.6. The summed E-state index contributed by atoms with van der Waals surface area (Å²) in [4.78, 5) is 6.65. The minimum absolute atomic E-state index is 0.652. The van der Waals surface area contributed by atoms with Gasteiger partial charge in [-0.25, -0.2) is 0 Å². The van der Waals surface area contributed by atoms with Crippen molar-refractivity contribution in [2.45, 2.75) is 12.8 Å². The van der Waals surface area contributed by atoms with Gasteiger partial charge in [-0.15, -0.1) is 0 Å². The zero-order valence-electron chi connectivity index (χ0n) is 10.9. The van der Waals surface area contributed by atoms with E-state index in [2.05, 4.69) is 16.0 Å². The van der Waals surface area contributed by atoms with Gasteiger partial charge in [-0.3, -0.25) is 4.98 Å². The highest BCUT2D eigenvalue weighted by atomic mass is 16.5. The molecular formula is C15H15N3O. The number of nitriles is 1. The summed E-state index contributed by atoms with van der Waals surface area (Å²) in [7, 11) is 1.65. The zero-order chi connectivity index (χ0) is 13.2. The van der Waals surface area contributed by atoms with E-state index in [0.717, 1.165) is 35.4 Å². The van der Waals surface area contributed by atoms with Gasteiger partial charge in [-0.2, -0.15) is 5.26 Å². The van der Waals surface area contributed by atoms with Gasteiger partial charge in [0.2, 0.25) is 0 Å². The van der Waals surface area contributed by atoms with E-state index in [1.165, 1.54) is 12.8 Å². The fraction of sp³-hybridized carbons (Fsp3) is 0.333. The molecule has 4 heteroatoms. The van der Waals surface area contributed by atoms with E-state index < -0.39 is 0 Å². The molecule has 1 aromatic heterocycles. The summed E-state index contributed by atoms with van der Waals surface area (Å²) in [5.74, 6) is 0.789. The van der Waals surface area contributed by atoms with Gasteiger partial charge >= 0.3 is 0 Å². The fourth-order valence-electron chi connectivity index (χ4n) is 2.65. The van der Waals surface area contributed by atoms with E-state index in [1.807, 2.05) is 18.2 Å². The standard InChI is InChI=1S/C15H15N3O/c1-19-12-4-5-13-14(8-12)17-10-11(9-16)15(13)18-6-2-3-7-18/h4-5,8,10H,2-3,6-7H2,1H3. The smallest absolute Gasteiger partial charge is 0.121 e. The number of anilines is 1. The molecule has 0 bridgehead atoms. The van der Waals surface area contributed by atoms with E-state index in [9.17, 15) is 5.26 Å². The Kier molecular flexibility index (Phi) is 2.96. The quantitative estimate of drug-likeness (QED) is 0.825. The largest absolute Gasteiger partial charge is 0.497 e. The van der Waals surface area contributed by atoms with E-state index in [4.69, 9.17) is 4.74 Å². The summed E-state index contributed by atoms with van der Waals surface area (Å²) in [6.07, 6.45) is 4.03. The Labute approximate surface area is 112 Å². The lowest BCUT2D eigenvalue weighted by Gasteiger charge is -2.21. The van der Waals surface area contributed by atoms with Crippen molar-refractivity contribution in [3.8, 4) is 11.8 Å². The predicted octanol–water partition coefficient (Wildman–Crippen LogP) is 2.72. The highest BCUT2D eigenvalue weighted by Crippen LogP contribution is 2.33. The number of aromatic nitrogens is 1. The minimum atomic E-state index is 0.652. The van der Waals surface area contributed by atoms with Crippen LogP contribution < -0.4 is 9.64 Å². The van der Waals surface area contributed by atoms with Crippen LogP contribution in [0.5, 0.6) is 5.75 Å². The highest BCUT2D eigenvalue weighted by Gasteiger charge is 2.19. The van der Waals surface area contributed by atoms with E-state index in [0.29, 0.717) is 5.56 Å². The van der Waals surface area contributed by atoms with Crippen LogP contribution in [0.3, 0.4) is 0 Å². The van der Waals surface area contributed by atoms with Crippen LogP contribution in [0.25, 0.3) is 10.9 Å². The van der Waals surface area contributed by atoms with Gasteiger partial charge in [0.25, 0.3) is 0 Å². The number of rotatable bonds is 2. The van der Waals surface area contributed by atoms with Crippen molar-refractivity contribution in [2.24, 2.45) is 0 Å². The summed E-state index contributed by atoms with van der Waals surface area (Å²) in [5, 5.41) is 10.3. The summed E-state index contributed by atoms with van der Waals surface area (Å²) < 4.78 is 5.23. The molecule has 0 aliphatic carbocycles. The Morgan fingerprint density at radius 2 is 2.11 bits per heavy atom. The average molecular weight is 253 g/mol. The molecule has 4 nitrogen and oxygen atoms in total. The Morgan fingerprint density at radius 3 is 2.79 bits per heavy atom. The molecule has 1 saturated heterocycles. The number of nitrogens with zero attached hydrogens (tertiary/aromatic N) is 3. The second-order valence-corrected chi connectivity index (χ2v) is 4.71. The van der Waals surface area contributed by atoms with Gasteiger partial charge in [0.05, 0.1) is 23.9 Å². The number of fused-ring (bicyclic) bond motifs is 1. The molecule has 0 atom stereocenters. The first-order chi connectivity index (χ1) is 9.33. The Hall–Kier alpha value is -2.28. The van der Waals surface area contributed by atoms with Gasteiger partial charge in [-0.1, -0.05) is 0 Å². The molecule has 1 aliphatic heterocycles. The molecule has 2 aromatic rings. The van der Waals surface area contributed by atoms with Crippen molar-refractivity contribution in [1.29, 1.82) is 5.26 Å². The van der Waals surface area contributed by atoms with Crippen molar-refractivity contribution in [3.63, 3.8) is 0 Å². The van der Waals surface area contributed by atoms with Crippen LogP contribution in [0, 0.1) is 11.3 Å². The average Bonchev–Trinajstić information content (AvgIpc) is 2.99. The van der Waals surface area contributed by atoms with Crippen molar-refractivity contribution >= 4 is 16.6 Å². The SMILES string of the molecule is COc1ccc2c(N3CCCC3)c(C#N)cnc2c1. The fourth-order valence-corrected chi connectivity index (χ4v) is 2.65. The Balaban J connectivity index is 2.23. The van der Waals surface area contributed by atoms with Gasteiger partial charge in [0.1, 0.15) is 11.8 Å². The number of hydrogen-bond donors (Lipinski definition) is 0. The minimum Gasteiger partial charge on any atom is -0.497 e. The molecule has 1 fully saturated rings. The van der Waals surface area contributed by atoms with Crippen molar-refractivity contribution < 1.29 is 4.74 Å². The molecule has 1 aliphatic rings. The van der Waals surface area contributed by atoms with Crippen LogP contribution in [0.1, 0.15) is 18.4 Å². The Morgan fingerprint density at radius 1 is 1.32 bits per heavy atom. The molecule has 0 amide bonds. The number of benzene rings is 1. The first-order valence-electron chi connectivity index (χ1n) is 6.45. The molecule has 0 radical (unpaired) electrons. The van der Waals surface area contributed by atoms with Crippen LogP contribution in [0.4, 0.5) is 5.69 Å². The van der Waals surface area contributed by atoms with Crippen molar-refractivity contribution in [1.82, 2.24) is 4.98 Å². The molecule has 0 unspecified atom stereocenters. The second-order valence-electron chi connectivity index (χ2n) is 4.71. The maximum Gasteiger partial charge on any atom is 0.121 e. The highest BCUT2D eigenvalue weighted by molar-refractivity contribution is 5.95. The van der Waals surface area contributed by atoms with E-state index in [1.54, 1.807) is 13.3 Å². The van der Waals surface area contributed by atoms with Crippen molar-refractivity contribution in [3.05, 3.63) is 30.0 Å². The summed E-state index contributed by atoms with van der Waals surface area (Å²) in [5.41, 5.74) is 2.55. The number of methoxy groups -OCH3 is 1. The third kappa shape index (κ3) is 1.97. The Bertz CT molecular complexity index is 654. The molecular weight excluding hydrogens is 238 g/mol. The number of ether oxygens (including phenoxy) is 1. The lowest BCUT2D eigenvalue weighted by atomic mass is 10.1. The molecule has 19 heavy (non-hydrogen) atoms. The lowest BCUT2D eigenvalue weighted by molar-refractivity contribution is 0.415.